The van der Waals surface area contributed by atoms with Crippen LogP contribution in [0.2, 0.25) is 0 Å². The van der Waals surface area contributed by atoms with Crippen molar-refractivity contribution in [1.82, 2.24) is 30.1 Å². The Morgan fingerprint density at radius 1 is 1.00 bits per heavy atom. The predicted molar refractivity (Wildman–Crippen MR) is 153 cm³/mol. The SMILES string of the molecule is CCC(c1nnnn1Cc1ccc(F)cc1)N(Cc1ccccc1OC)Cc1cc2cc(C)c(C)cc2[nH]c1=O. The number of hydrogen-bond acceptors (Lipinski definition) is 6. The lowest BCUT2D eigenvalue weighted by Crippen LogP contribution is -2.32. The molecule has 1 atom stereocenters. The summed E-state index contributed by atoms with van der Waals surface area (Å²) in [6, 6.07) is 20.1. The lowest BCUT2D eigenvalue weighted by atomic mass is 10.0. The van der Waals surface area contributed by atoms with E-state index in [1.807, 2.05) is 43.3 Å². The Labute approximate surface area is 232 Å². The van der Waals surface area contributed by atoms with Gasteiger partial charge in [0.05, 0.1) is 19.7 Å². The van der Waals surface area contributed by atoms with Crippen LogP contribution in [0.25, 0.3) is 10.9 Å². The number of rotatable bonds is 10. The lowest BCUT2D eigenvalue weighted by molar-refractivity contribution is 0.159. The molecule has 0 radical (unpaired) electrons. The number of para-hydroxylation sites is 1. The largest absolute Gasteiger partial charge is 0.496 e. The number of aromatic nitrogens is 5. The fourth-order valence-electron chi connectivity index (χ4n) is 5.12. The van der Waals surface area contributed by atoms with Crippen molar-refractivity contribution in [3.05, 3.63) is 117 Å². The van der Waals surface area contributed by atoms with Crippen molar-refractivity contribution in [2.24, 2.45) is 0 Å². The minimum atomic E-state index is -0.291. The van der Waals surface area contributed by atoms with Gasteiger partial charge in [-0.3, -0.25) is 9.69 Å². The zero-order valence-electron chi connectivity index (χ0n) is 23.2. The summed E-state index contributed by atoms with van der Waals surface area (Å²) < 4.78 is 20.9. The number of fused-ring (bicyclic) bond motifs is 1. The third kappa shape index (κ3) is 5.79. The summed E-state index contributed by atoms with van der Waals surface area (Å²) in [7, 11) is 1.65. The third-order valence-electron chi connectivity index (χ3n) is 7.41. The highest BCUT2D eigenvalue weighted by Crippen LogP contribution is 2.29. The van der Waals surface area contributed by atoms with Gasteiger partial charge in [-0.05, 0) is 89.2 Å². The van der Waals surface area contributed by atoms with Crippen molar-refractivity contribution >= 4 is 10.9 Å². The minimum Gasteiger partial charge on any atom is -0.496 e. The van der Waals surface area contributed by atoms with Gasteiger partial charge in [-0.2, -0.15) is 0 Å². The van der Waals surface area contributed by atoms with E-state index >= 15 is 0 Å². The van der Waals surface area contributed by atoms with Crippen molar-refractivity contribution in [2.45, 2.75) is 52.9 Å². The predicted octanol–water partition coefficient (Wildman–Crippen LogP) is 5.48. The zero-order valence-corrected chi connectivity index (χ0v) is 23.2. The first-order valence-electron chi connectivity index (χ1n) is 13.4. The molecule has 0 aliphatic carbocycles. The highest BCUT2D eigenvalue weighted by Gasteiger charge is 2.27. The van der Waals surface area contributed by atoms with Crippen LogP contribution >= 0.6 is 0 Å². The van der Waals surface area contributed by atoms with E-state index in [0.29, 0.717) is 37.4 Å². The first-order chi connectivity index (χ1) is 19.4. The fraction of sp³-hybridized carbons (Fsp3) is 0.290. The van der Waals surface area contributed by atoms with Crippen molar-refractivity contribution in [2.75, 3.05) is 7.11 Å². The maximum Gasteiger partial charge on any atom is 0.252 e. The summed E-state index contributed by atoms with van der Waals surface area (Å²) in [6.45, 7) is 7.47. The molecule has 0 amide bonds. The Morgan fingerprint density at radius 3 is 2.48 bits per heavy atom. The number of halogens is 1. The number of H-pyrrole nitrogens is 1. The zero-order chi connectivity index (χ0) is 28.2. The molecule has 206 valence electrons. The van der Waals surface area contributed by atoms with E-state index in [4.69, 9.17) is 4.74 Å². The second-order valence-electron chi connectivity index (χ2n) is 10.1. The molecule has 0 bridgehead atoms. The van der Waals surface area contributed by atoms with Gasteiger partial charge in [-0.1, -0.05) is 37.3 Å². The summed E-state index contributed by atoms with van der Waals surface area (Å²) in [5.74, 6) is 1.15. The summed E-state index contributed by atoms with van der Waals surface area (Å²) in [5, 5.41) is 13.6. The Balaban J connectivity index is 1.55. The number of nitrogens with zero attached hydrogens (tertiary/aromatic N) is 5. The van der Waals surface area contributed by atoms with Crippen LogP contribution in [0.15, 0.2) is 71.5 Å². The Morgan fingerprint density at radius 2 is 1.73 bits per heavy atom. The molecule has 2 heterocycles. The molecule has 1 N–H and O–H groups in total. The topological polar surface area (TPSA) is 88.9 Å². The van der Waals surface area contributed by atoms with Crippen LogP contribution in [0.1, 0.15) is 53.0 Å². The van der Waals surface area contributed by atoms with Crippen LogP contribution in [-0.2, 0) is 19.6 Å². The standard InChI is InChI=1S/C31H33FN6O2/c1-5-28(30-34-35-36-38(30)17-22-10-12-26(32)13-11-22)37(18-23-8-6-7-9-29(23)40-4)19-25-16-24-14-20(2)21(3)15-27(24)33-31(25)39/h6-16,28H,5,17-19H2,1-4H3,(H,33,39). The number of aromatic amines is 1. The molecule has 5 rings (SSSR count). The van der Waals surface area contributed by atoms with E-state index in [-0.39, 0.29) is 17.4 Å². The highest BCUT2D eigenvalue weighted by molar-refractivity contribution is 5.80. The molecule has 9 heteroatoms. The molecular formula is C31H33FN6O2. The number of tetrazole rings is 1. The van der Waals surface area contributed by atoms with Crippen molar-refractivity contribution < 1.29 is 9.13 Å². The van der Waals surface area contributed by atoms with Crippen LogP contribution < -0.4 is 10.3 Å². The molecule has 40 heavy (non-hydrogen) atoms. The summed E-state index contributed by atoms with van der Waals surface area (Å²) in [5.41, 5.74) is 5.53. The molecular weight excluding hydrogens is 507 g/mol. The van der Waals surface area contributed by atoms with Gasteiger partial charge in [-0.25, -0.2) is 9.07 Å². The molecule has 0 aliphatic rings. The molecule has 0 saturated heterocycles. The maximum atomic E-state index is 13.5. The summed E-state index contributed by atoms with van der Waals surface area (Å²) >= 11 is 0. The summed E-state index contributed by atoms with van der Waals surface area (Å²) in [4.78, 5) is 18.6. The first kappa shape index (κ1) is 27.2. The van der Waals surface area contributed by atoms with Gasteiger partial charge >= 0.3 is 0 Å². The molecule has 1 unspecified atom stereocenters. The van der Waals surface area contributed by atoms with Crippen LogP contribution in [0.5, 0.6) is 5.75 Å². The maximum absolute atomic E-state index is 13.5. The fourth-order valence-corrected chi connectivity index (χ4v) is 5.12. The van der Waals surface area contributed by atoms with E-state index in [9.17, 15) is 9.18 Å². The van der Waals surface area contributed by atoms with Gasteiger partial charge in [0.1, 0.15) is 11.6 Å². The van der Waals surface area contributed by atoms with Gasteiger partial charge in [0, 0.05) is 29.7 Å². The van der Waals surface area contributed by atoms with E-state index in [2.05, 4.69) is 45.3 Å². The van der Waals surface area contributed by atoms with Gasteiger partial charge < -0.3 is 9.72 Å². The average molecular weight is 541 g/mol. The van der Waals surface area contributed by atoms with Crippen LogP contribution in [-0.4, -0.2) is 37.2 Å². The lowest BCUT2D eigenvalue weighted by Gasteiger charge is -2.30. The molecule has 8 nitrogen and oxygen atoms in total. The summed E-state index contributed by atoms with van der Waals surface area (Å²) in [6.07, 6.45) is 0.697. The van der Waals surface area contributed by atoms with Gasteiger partial charge in [0.2, 0.25) is 0 Å². The number of benzene rings is 3. The molecule has 0 fully saturated rings. The monoisotopic (exact) mass is 540 g/mol. The first-order valence-corrected chi connectivity index (χ1v) is 13.4. The molecule has 5 aromatic rings. The second-order valence-corrected chi connectivity index (χ2v) is 10.1. The Kier molecular flexibility index (Phi) is 8.02. The van der Waals surface area contributed by atoms with Crippen molar-refractivity contribution in [3.63, 3.8) is 0 Å². The number of ether oxygens (including phenoxy) is 1. The van der Waals surface area contributed by atoms with Crippen molar-refractivity contribution in [3.8, 4) is 5.75 Å². The van der Waals surface area contributed by atoms with Gasteiger partial charge in [0.15, 0.2) is 5.82 Å². The number of hydrogen-bond donors (Lipinski definition) is 1. The molecule has 3 aromatic carbocycles. The third-order valence-corrected chi connectivity index (χ3v) is 7.41. The van der Waals surface area contributed by atoms with Crippen LogP contribution in [0.4, 0.5) is 4.39 Å². The highest BCUT2D eigenvalue weighted by atomic mass is 19.1. The van der Waals surface area contributed by atoms with Crippen LogP contribution in [0.3, 0.4) is 0 Å². The van der Waals surface area contributed by atoms with E-state index in [1.54, 1.807) is 23.9 Å². The van der Waals surface area contributed by atoms with Crippen molar-refractivity contribution in [1.29, 1.82) is 0 Å². The van der Waals surface area contributed by atoms with Gasteiger partial charge in [0.25, 0.3) is 5.56 Å². The molecule has 2 aromatic heterocycles. The molecule has 0 spiro atoms. The smallest absolute Gasteiger partial charge is 0.252 e. The van der Waals surface area contributed by atoms with E-state index in [1.165, 1.54) is 17.7 Å². The number of nitrogens with one attached hydrogen (secondary N) is 1. The van der Waals surface area contributed by atoms with E-state index in [0.717, 1.165) is 33.3 Å². The number of pyridine rings is 1. The average Bonchev–Trinajstić information content (AvgIpc) is 3.40. The minimum absolute atomic E-state index is 0.124. The normalized spacial score (nSPS) is 12.2. The van der Waals surface area contributed by atoms with E-state index < -0.39 is 0 Å². The Hall–Kier alpha value is -4.37. The molecule has 0 aliphatic heterocycles. The van der Waals surface area contributed by atoms with Crippen LogP contribution in [0, 0.1) is 19.7 Å². The van der Waals surface area contributed by atoms with Gasteiger partial charge in [-0.15, -0.1) is 5.10 Å². The Bertz CT molecular complexity index is 1680. The number of methoxy groups -OCH3 is 1. The quantitative estimate of drug-likeness (QED) is 0.252. The molecule has 0 saturated carbocycles. The number of aryl methyl sites for hydroxylation is 2. The second kappa shape index (κ2) is 11.8.